The third kappa shape index (κ3) is 4.69. The first-order valence-electron chi connectivity index (χ1n) is 6.94. The molecule has 1 atom stereocenters. The van der Waals surface area contributed by atoms with E-state index in [1.165, 1.54) is 12.0 Å². The molecule has 1 unspecified atom stereocenters. The van der Waals surface area contributed by atoms with E-state index in [2.05, 4.69) is 45.1 Å². The summed E-state index contributed by atoms with van der Waals surface area (Å²) in [7, 11) is 0. The third-order valence-corrected chi connectivity index (χ3v) is 3.54. The van der Waals surface area contributed by atoms with E-state index >= 15 is 0 Å². The van der Waals surface area contributed by atoms with E-state index in [1.807, 2.05) is 19.1 Å². The number of benzene rings is 1. The smallest absolute Gasteiger partial charge is 0.119 e. The molecule has 0 saturated heterocycles. The van der Waals surface area contributed by atoms with E-state index < -0.39 is 0 Å². The van der Waals surface area contributed by atoms with Crippen LogP contribution in [0.2, 0.25) is 0 Å². The van der Waals surface area contributed by atoms with E-state index in [0.717, 1.165) is 18.9 Å². The summed E-state index contributed by atoms with van der Waals surface area (Å²) in [4.78, 5) is 0. The lowest BCUT2D eigenvalue weighted by molar-refractivity contribution is 0.313. The van der Waals surface area contributed by atoms with Crippen LogP contribution in [0.1, 0.15) is 52.6 Å². The van der Waals surface area contributed by atoms with Crippen molar-refractivity contribution in [2.75, 3.05) is 13.2 Å². The SMILES string of the molecule is CCOc1ccc(C(C)NCC(C)(C)CC)cc1. The van der Waals surface area contributed by atoms with Crippen LogP contribution in [0, 0.1) is 5.41 Å². The van der Waals surface area contributed by atoms with Crippen LogP contribution < -0.4 is 10.1 Å². The van der Waals surface area contributed by atoms with Gasteiger partial charge in [0.2, 0.25) is 0 Å². The first kappa shape index (κ1) is 15.0. The van der Waals surface area contributed by atoms with Crippen molar-refractivity contribution in [2.24, 2.45) is 5.41 Å². The Morgan fingerprint density at radius 1 is 1.17 bits per heavy atom. The van der Waals surface area contributed by atoms with Crippen molar-refractivity contribution in [3.8, 4) is 5.75 Å². The van der Waals surface area contributed by atoms with Gasteiger partial charge in [-0.15, -0.1) is 0 Å². The summed E-state index contributed by atoms with van der Waals surface area (Å²) < 4.78 is 5.45. The maximum Gasteiger partial charge on any atom is 0.119 e. The Hall–Kier alpha value is -1.02. The molecule has 0 saturated carbocycles. The molecule has 0 spiro atoms. The second kappa shape index (κ2) is 6.79. The second-order valence-electron chi connectivity index (χ2n) is 5.62. The van der Waals surface area contributed by atoms with Gasteiger partial charge in [-0.05, 0) is 43.4 Å². The molecule has 18 heavy (non-hydrogen) atoms. The first-order valence-corrected chi connectivity index (χ1v) is 6.94. The zero-order chi connectivity index (χ0) is 13.6. The first-order chi connectivity index (χ1) is 8.48. The molecule has 0 aliphatic heterocycles. The highest BCUT2D eigenvalue weighted by molar-refractivity contribution is 5.28. The van der Waals surface area contributed by atoms with Crippen molar-refractivity contribution < 1.29 is 4.74 Å². The highest BCUT2D eigenvalue weighted by atomic mass is 16.5. The van der Waals surface area contributed by atoms with E-state index in [4.69, 9.17) is 4.74 Å². The summed E-state index contributed by atoms with van der Waals surface area (Å²) in [5.74, 6) is 0.947. The predicted octanol–water partition coefficient (Wildman–Crippen LogP) is 4.17. The molecule has 1 N–H and O–H groups in total. The fourth-order valence-electron chi connectivity index (χ4n) is 1.69. The Bertz CT molecular complexity index is 343. The molecule has 102 valence electrons. The van der Waals surface area contributed by atoms with Crippen molar-refractivity contribution in [1.29, 1.82) is 0 Å². The normalized spacial score (nSPS) is 13.4. The summed E-state index contributed by atoms with van der Waals surface area (Å²) >= 11 is 0. The molecule has 0 heterocycles. The maximum absolute atomic E-state index is 5.45. The van der Waals surface area contributed by atoms with Gasteiger partial charge >= 0.3 is 0 Å². The van der Waals surface area contributed by atoms with Crippen LogP contribution in [0.3, 0.4) is 0 Å². The lowest BCUT2D eigenvalue weighted by atomic mass is 9.90. The quantitative estimate of drug-likeness (QED) is 0.783. The van der Waals surface area contributed by atoms with Crippen LogP contribution in [-0.4, -0.2) is 13.2 Å². The predicted molar refractivity (Wildman–Crippen MR) is 78.1 cm³/mol. The molecular formula is C16H27NO. The molecule has 0 aliphatic carbocycles. The Labute approximate surface area is 112 Å². The number of ether oxygens (including phenoxy) is 1. The van der Waals surface area contributed by atoms with Crippen molar-refractivity contribution in [3.05, 3.63) is 29.8 Å². The molecule has 0 bridgehead atoms. The van der Waals surface area contributed by atoms with Gasteiger partial charge in [0.15, 0.2) is 0 Å². The van der Waals surface area contributed by atoms with Gasteiger partial charge in [-0.1, -0.05) is 32.9 Å². The summed E-state index contributed by atoms with van der Waals surface area (Å²) in [6.07, 6.45) is 1.19. The topological polar surface area (TPSA) is 21.3 Å². The van der Waals surface area contributed by atoms with Crippen LogP contribution in [0.4, 0.5) is 0 Å². The minimum Gasteiger partial charge on any atom is -0.494 e. The molecule has 0 fully saturated rings. The average Bonchev–Trinajstić information content (AvgIpc) is 2.37. The Kier molecular flexibility index (Phi) is 5.67. The highest BCUT2D eigenvalue weighted by Crippen LogP contribution is 2.21. The molecule has 0 aromatic heterocycles. The van der Waals surface area contributed by atoms with Crippen LogP contribution in [0.25, 0.3) is 0 Å². The van der Waals surface area contributed by atoms with Gasteiger partial charge in [-0.25, -0.2) is 0 Å². The minimum atomic E-state index is 0.361. The van der Waals surface area contributed by atoms with Gasteiger partial charge in [-0.2, -0.15) is 0 Å². The standard InChI is InChI=1S/C16H27NO/c1-6-16(4,5)12-17-13(3)14-8-10-15(11-9-14)18-7-2/h8-11,13,17H,6-7,12H2,1-5H3. The number of nitrogens with one attached hydrogen (secondary N) is 1. The average molecular weight is 249 g/mol. The monoisotopic (exact) mass is 249 g/mol. The number of hydrogen-bond donors (Lipinski definition) is 1. The molecule has 1 aromatic carbocycles. The van der Waals surface area contributed by atoms with Gasteiger partial charge in [0.05, 0.1) is 6.61 Å². The van der Waals surface area contributed by atoms with E-state index in [-0.39, 0.29) is 0 Å². The van der Waals surface area contributed by atoms with Gasteiger partial charge < -0.3 is 10.1 Å². The van der Waals surface area contributed by atoms with E-state index in [0.29, 0.717) is 11.5 Å². The summed E-state index contributed by atoms with van der Waals surface area (Å²) in [6.45, 7) is 12.8. The van der Waals surface area contributed by atoms with Crippen LogP contribution >= 0.6 is 0 Å². The molecule has 0 amide bonds. The minimum absolute atomic E-state index is 0.361. The Morgan fingerprint density at radius 2 is 1.78 bits per heavy atom. The van der Waals surface area contributed by atoms with Gasteiger partial charge in [0.1, 0.15) is 5.75 Å². The third-order valence-electron chi connectivity index (χ3n) is 3.54. The van der Waals surface area contributed by atoms with Crippen molar-refractivity contribution in [1.82, 2.24) is 5.32 Å². The van der Waals surface area contributed by atoms with Crippen LogP contribution in [0.5, 0.6) is 5.75 Å². The molecule has 2 heteroatoms. The zero-order valence-electron chi connectivity index (χ0n) is 12.4. The van der Waals surface area contributed by atoms with Crippen LogP contribution in [-0.2, 0) is 0 Å². The second-order valence-corrected chi connectivity index (χ2v) is 5.62. The molecule has 2 nitrogen and oxygen atoms in total. The molecule has 0 radical (unpaired) electrons. The summed E-state index contributed by atoms with van der Waals surface area (Å²) in [6, 6.07) is 8.75. The van der Waals surface area contributed by atoms with E-state index in [9.17, 15) is 0 Å². The maximum atomic E-state index is 5.45. The fraction of sp³-hybridized carbons (Fsp3) is 0.625. The van der Waals surface area contributed by atoms with Crippen molar-refractivity contribution in [3.63, 3.8) is 0 Å². The number of hydrogen-bond acceptors (Lipinski definition) is 2. The Balaban J connectivity index is 2.53. The molecule has 0 aliphatic rings. The molecular weight excluding hydrogens is 222 g/mol. The van der Waals surface area contributed by atoms with Crippen molar-refractivity contribution in [2.45, 2.75) is 47.1 Å². The zero-order valence-corrected chi connectivity index (χ0v) is 12.4. The van der Waals surface area contributed by atoms with Gasteiger partial charge in [-0.3, -0.25) is 0 Å². The van der Waals surface area contributed by atoms with Crippen molar-refractivity contribution >= 4 is 0 Å². The lowest BCUT2D eigenvalue weighted by Gasteiger charge is -2.26. The summed E-state index contributed by atoms with van der Waals surface area (Å²) in [5, 5.41) is 3.60. The fourth-order valence-corrected chi connectivity index (χ4v) is 1.69. The highest BCUT2D eigenvalue weighted by Gasteiger charge is 2.16. The lowest BCUT2D eigenvalue weighted by Crippen LogP contribution is -2.30. The Morgan fingerprint density at radius 3 is 2.28 bits per heavy atom. The summed E-state index contributed by atoms with van der Waals surface area (Å²) in [5.41, 5.74) is 1.67. The molecule has 1 rings (SSSR count). The van der Waals surface area contributed by atoms with Crippen LogP contribution in [0.15, 0.2) is 24.3 Å². The number of rotatable bonds is 7. The largest absolute Gasteiger partial charge is 0.494 e. The van der Waals surface area contributed by atoms with E-state index in [1.54, 1.807) is 0 Å². The molecule has 1 aromatic rings. The van der Waals surface area contributed by atoms with Gasteiger partial charge in [0, 0.05) is 12.6 Å². The van der Waals surface area contributed by atoms with Gasteiger partial charge in [0.25, 0.3) is 0 Å².